The van der Waals surface area contributed by atoms with Crippen molar-refractivity contribution in [1.29, 1.82) is 0 Å². The molecular weight excluding hydrogens is 312 g/mol. The quantitative estimate of drug-likeness (QED) is 0.779. The molecular formula is C17H24N2O5. The third-order valence-corrected chi connectivity index (χ3v) is 3.79. The summed E-state index contributed by atoms with van der Waals surface area (Å²) in [5.41, 5.74) is 0.938. The second-order valence-corrected chi connectivity index (χ2v) is 6.03. The van der Waals surface area contributed by atoms with Gasteiger partial charge in [0.15, 0.2) is 11.5 Å². The number of methoxy groups -OCH3 is 1. The molecule has 132 valence electrons. The average Bonchev–Trinajstić information content (AvgIpc) is 2.51. The van der Waals surface area contributed by atoms with Gasteiger partial charge >= 0.3 is 5.97 Å². The second-order valence-electron chi connectivity index (χ2n) is 6.03. The molecule has 1 heterocycles. The third-order valence-electron chi connectivity index (χ3n) is 3.79. The minimum atomic E-state index is -0.986. The average molecular weight is 336 g/mol. The Morgan fingerprint density at radius 1 is 1.42 bits per heavy atom. The zero-order valence-electron chi connectivity index (χ0n) is 14.2. The first-order chi connectivity index (χ1) is 11.4. The molecule has 1 aliphatic rings. The summed E-state index contributed by atoms with van der Waals surface area (Å²) in [6.45, 7) is 5.48. The molecule has 7 heteroatoms. The highest BCUT2D eigenvalue weighted by molar-refractivity contribution is 5.86. The molecule has 0 saturated carbocycles. The first-order valence-electron chi connectivity index (χ1n) is 7.98. The van der Waals surface area contributed by atoms with Gasteiger partial charge in [-0.1, -0.05) is 6.07 Å². The van der Waals surface area contributed by atoms with Crippen LogP contribution in [0.4, 0.5) is 0 Å². The second kappa shape index (κ2) is 8.01. The maximum absolute atomic E-state index is 12.0. The number of hydrogen-bond donors (Lipinski definition) is 2. The first kappa shape index (κ1) is 18.1. The lowest BCUT2D eigenvalue weighted by molar-refractivity contribution is -0.143. The number of rotatable bonds is 7. The largest absolute Gasteiger partial charge is 0.493 e. The summed E-state index contributed by atoms with van der Waals surface area (Å²) in [5.74, 6) is 0.0582. The molecule has 1 unspecified atom stereocenters. The summed E-state index contributed by atoms with van der Waals surface area (Å²) >= 11 is 0. The molecule has 0 radical (unpaired) electrons. The molecule has 0 aliphatic carbocycles. The zero-order valence-corrected chi connectivity index (χ0v) is 14.2. The minimum absolute atomic E-state index is 0.0375. The summed E-state index contributed by atoms with van der Waals surface area (Å²) in [4.78, 5) is 24.9. The van der Waals surface area contributed by atoms with E-state index in [1.807, 2.05) is 36.9 Å². The van der Waals surface area contributed by atoms with Crippen molar-refractivity contribution < 1.29 is 24.2 Å². The first-order valence-corrected chi connectivity index (χ1v) is 7.98. The minimum Gasteiger partial charge on any atom is -0.493 e. The van der Waals surface area contributed by atoms with E-state index in [4.69, 9.17) is 14.6 Å². The van der Waals surface area contributed by atoms with Crippen molar-refractivity contribution in [3.05, 3.63) is 23.8 Å². The number of amides is 1. The number of piperazine rings is 1. The Morgan fingerprint density at radius 2 is 2.17 bits per heavy atom. The Bertz CT molecular complexity index is 603. The van der Waals surface area contributed by atoms with Crippen LogP contribution in [0, 0.1) is 0 Å². The molecule has 0 bridgehead atoms. The topological polar surface area (TPSA) is 88.1 Å². The van der Waals surface area contributed by atoms with Crippen LogP contribution >= 0.6 is 0 Å². The number of hydrogen-bond acceptors (Lipinski definition) is 5. The van der Waals surface area contributed by atoms with Gasteiger partial charge in [-0.25, -0.2) is 0 Å². The Morgan fingerprint density at radius 3 is 2.79 bits per heavy atom. The van der Waals surface area contributed by atoms with E-state index < -0.39 is 12.0 Å². The van der Waals surface area contributed by atoms with Gasteiger partial charge in [0.05, 0.1) is 19.6 Å². The van der Waals surface area contributed by atoms with Crippen molar-refractivity contribution in [2.45, 2.75) is 39.0 Å². The lowest BCUT2D eigenvalue weighted by atomic mass is 10.1. The highest BCUT2D eigenvalue weighted by atomic mass is 16.5. The van der Waals surface area contributed by atoms with Crippen LogP contribution in [0.15, 0.2) is 18.2 Å². The lowest BCUT2D eigenvalue weighted by Crippen LogP contribution is -2.55. The molecule has 7 nitrogen and oxygen atoms in total. The van der Waals surface area contributed by atoms with Gasteiger partial charge in [0.1, 0.15) is 6.04 Å². The maximum Gasteiger partial charge on any atom is 0.305 e. The van der Waals surface area contributed by atoms with Gasteiger partial charge in [0, 0.05) is 19.6 Å². The molecule has 1 saturated heterocycles. The number of nitrogens with one attached hydrogen (secondary N) is 1. The molecule has 1 aromatic rings. The van der Waals surface area contributed by atoms with Crippen LogP contribution in [0.2, 0.25) is 0 Å². The van der Waals surface area contributed by atoms with E-state index >= 15 is 0 Å². The number of carbonyl (C=O) groups excluding carboxylic acids is 1. The molecule has 1 atom stereocenters. The van der Waals surface area contributed by atoms with Crippen molar-refractivity contribution >= 4 is 11.9 Å². The summed E-state index contributed by atoms with van der Waals surface area (Å²) in [6.07, 6.45) is -0.173. The Balaban J connectivity index is 2.16. The molecule has 1 amide bonds. The van der Waals surface area contributed by atoms with Gasteiger partial charge in [0.25, 0.3) is 0 Å². The van der Waals surface area contributed by atoms with Gasteiger partial charge in [0.2, 0.25) is 5.91 Å². The maximum atomic E-state index is 12.0. The summed E-state index contributed by atoms with van der Waals surface area (Å²) in [7, 11) is 1.58. The third kappa shape index (κ3) is 4.61. The van der Waals surface area contributed by atoms with Crippen molar-refractivity contribution in [3.8, 4) is 11.5 Å². The predicted molar refractivity (Wildman–Crippen MR) is 88.2 cm³/mol. The zero-order chi connectivity index (χ0) is 17.7. The van der Waals surface area contributed by atoms with Crippen molar-refractivity contribution in [1.82, 2.24) is 10.2 Å². The fourth-order valence-corrected chi connectivity index (χ4v) is 2.73. The van der Waals surface area contributed by atoms with Gasteiger partial charge in [-0.15, -0.1) is 0 Å². The Kier molecular flexibility index (Phi) is 6.03. The SMILES string of the molecule is COc1cc(CN2CCNC(=O)C2CC(=O)O)ccc1OC(C)C. The van der Waals surface area contributed by atoms with Crippen molar-refractivity contribution in [2.24, 2.45) is 0 Å². The van der Waals surface area contributed by atoms with Crippen LogP contribution in [0.5, 0.6) is 11.5 Å². The fourth-order valence-electron chi connectivity index (χ4n) is 2.73. The summed E-state index contributed by atoms with van der Waals surface area (Å²) in [5, 5.41) is 11.7. The number of carbonyl (C=O) groups is 2. The monoisotopic (exact) mass is 336 g/mol. The number of ether oxygens (including phenoxy) is 2. The number of carboxylic acids is 1. The summed E-state index contributed by atoms with van der Waals surface area (Å²) < 4.78 is 11.1. The van der Waals surface area contributed by atoms with Crippen LogP contribution in [-0.2, 0) is 16.1 Å². The highest BCUT2D eigenvalue weighted by Gasteiger charge is 2.31. The fraction of sp³-hybridized carbons (Fsp3) is 0.529. The van der Waals surface area contributed by atoms with E-state index in [-0.39, 0.29) is 18.4 Å². The van der Waals surface area contributed by atoms with E-state index in [0.717, 1.165) is 5.56 Å². The molecule has 0 spiro atoms. The van der Waals surface area contributed by atoms with Crippen LogP contribution in [0.3, 0.4) is 0 Å². The van der Waals surface area contributed by atoms with Crippen molar-refractivity contribution in [3.63, 3.8) is 0 Å². The van der Waals surface area contributed by atoms with Gasteiger partial charge < -0.3 is 19.9 Å². The molecule has 24 heavy (non-hydrogen) atoms. The molecule has 1 fully saturated rings. The summed E-state index contributed by atoms with van der Waals surface area (Å²) in [6, 6.07) is 4.95. The molecule has 2 rings (SSSR count). The van der Waals surface area contributed by atoms with E-state index in [1.165, 1.54) is 0 Å². The Labute approximate surface area is 141 Å². The van der Waals surface area contributed by atoms with Gasteiger partial charge in [-0.3, -0.25) is 14.5 Å². The normalized spacial score (nSPS) is 18.3. The smallest absolute Gasteiger partial charge is 0.305 e. The predicted octanol–water partition coefficient (Wildman–Crippen LogP) is 1.26. The van der Waals surface area contributed by atoms with Crippen LogP contribution in [-0.4, -0.2) is 54.2 Å². The molecule has 2 N–H and O–H groups in total. The van der Waals surface area contributed by atoms with E-state index in [0.29, 0.717) is 31.1 Å². The highest BCUT2D eigenvalue weighted by Crippen LogP contribution is 2.29. The van der Waals surface area contributed by atoms with E-state index in [2.05, 4.69) is 5.32 Å². The number of carboxylic acid groups (broad SMARTS) is 1. The van der Waals surface area contributed by atoms with Gasteiger partial charge in [-0.2, -0.15) is 0 Å². The number of nitrogens with zero attached hydrogens (tertiary/aromatic N) is 1. The number of aliphatic carboxylic acids is 1. The standard InChI is InChI=1S/C17H24N2O5/c1-11(2)24-14-5-4-12(8-15(14)23-3)10-19-7-6-18-17(22)13(19)9-16(20)21/h4-5,8,11,13H,6-7,9-10H2,1-3H3,(H,18,22)(H,20,21). The lowest BCUT2D eigenvalue weighted by Gasteiger charge is -2.34. The van der Waals surface area contributed by atoms with E-state index in [9.17, 15) is 9.59 Å². The van der Waals surface area contributed by atoms with E-state index in [1.54, 1.807) is 7.11 Å². The molecule has 1 aliphatic heterocycles. The van der Waals surface area contributed by atoms with Crippen molar-refractivity contribution in [2.75, 3.05) is 20.2 Å². The Hall–Kier alpha value is -2.28. The van der Waals surface area contributed by atoms with Crippen LogP contribution in [0.1, 0.15) is 25.8 Å². The van der Waals surface area contributed by atoms with Gasteiger partial charge in [-0.05, 0) is 31.5 Å². The van der Waals surface area contributed by atoms with Crippen LogP contribution in [0.25, 0.3) is 0 Å². The van der Waals surface area contributed by atoms with Crippen LogP contribution < -0.4 is 14.8 Å². The molecule has 0 aromatic heterocycles. The number of benzene rings is 1. The molecule has 1 aromatic carbocycles.